The van der Waals surface area contributed by atoms with Crippen molar-refractivity contribution in [3.05, 3.63) is 11.6 Å². The Morgan fingerprint density at radius 3 is 2.61 bits per heavy atom. The molecule has 2 heteroatoms. The predicted molar refractivity (Wildman–Crippen MR) is 129 cm³/mol. The first-order valence-electron chi connectivity index (χ1n) is 13.5. The molecule has 0 saturated heterocycles. The molecule has 9 atom stereocenters. The summed E-state index contributed by atoms with van der Waals surface area (Å²) in [4.78, 5) is 11.5. The van der Waals surface area contributed by atoms with Gasteiger partial charge in [-0.2, -0.15) is 0 Å². The summed E-state index contributed by atoms with van der Waals surface area (Å²) in [5.41, 5.74) is 2.12. The third-order valence-electron chi connectivity index (χ3n) is 11.0. The lowest BCUT2D eigenvalue weighted by Crippen LogP contribution is -2.54. The van der Waals surface area contributed by atoms with E-state index >= 15 is 0 Å². The average molecular weight is 429 g/mol. The number of aldehydes is 1. The van der Waals surface area contributed by atoms with Gasteiger partial charge in [0.2, 0.25) is 0 Å². The summed E-state index contributed by atoms with van der Waals surface area (Å²) in [6.45, 7) is 12.4. The number of aliphatic hydroxyl groups is 1. The molecule has 4 rings (SSSR count). The van der Waals surface area contributed by atoms with Gasteiger partial charge in [0.25, 0.3) is 0 Å². The van der Waals surface area contributed by atoms with E-state index < -0.39 is 0 Å². The lowest BCUT2D eigenvalue weighted by Gasteiger charge is -2.60. The zero-order chi connectivity index (χ0) is 22.4. The quantitative estimate of drug-likeness (QED) is 0.344. The number of hydrogen-bond acceptors (Lipinski definition) is 2. The van der Waals surface area contributed by atoms with E-state index in [-0.39, 0.29) is 11.5 Å². The van der Waals surface area contributed by atoms with Crippen molar-refractivity contribution in [3.8, 4) is 0 Å². The second-order valence-electron chi connectivity index (χ2n) is 12.8. The fraction of sp³-hybridized carbons (Fsp3) is 0.897. The molecule has 0 aliphatic heterocycles. The molecule has 3 saturated carbocycles. The van der Waals surface area contributed by atoms with Gasteiger partial charge in [0.1, 0.15) is 6.29 Å². The lowest BCUT2D eigenvalue weighted by atomic mass is 9.44. The van der Waals surface area contributed by atoms with Crippen LogP contribution in [-0.2, 0) is 4.79 Å². The first-order valence-corrected chi connectivity index (χ1v) is 13.5. The SMILES string of the molecule is CC(C)CCC[C@@H](C)[C@H]1CC[C@H]2[C@@H]3CC=C4C[C@@H](O)CC(CC=O)[C@]4(C)[C@H]3CC[C@]12C. The van der Waals surface area contributed by atoms with E-state index in [2.05, 4.69) is 40.7 Å². The van der Waals surface area contributed by atoms with Crippen molar-refractivity contribution in [1.29, 1.82) is 0 Å². The van der Waals surface area contributed by atoms with E-state index in [1.165, 1.54) is 56.9 Å². The molecule has 0 amide bonds. The van der Waals surface area contributed by atoms with Crippen molar-refractivity contribution in [3.63, 3.8) is 0 Å². The monoisotopic (exact) mass is 428 g/mol. The molecule has 0 aromatic heterocycles. The van der Waals surface area contributed by atoms with E-state index in [9.17, 15) is 9.90 Å². The van der Waals surface area contributed by atoms with E-state index in [0.717, 1.165) is 48.7 Å². The summed E-state index contributed by atoms with van der Waals surface area (Å²) in [5.74, 6) is 5.23. The summed E-state index contributed by atoms with van der Waals surface area (Å²) in [6, 6.07) is 0. The molecule has 1 N–H and O–H groups in total. The van der Waals surface area contributed by atoms with Gasteiger partial charge in [0.15, 0.2) is 0 Å². The third kappa shape index (κ3) is 3.98. The Balaban J connectivity index is 1.54. The summed E-state index contributed by atoms with van der Waals surface area (Å²) in [5, 5.41) is 10.5. The van der Waals surface area contributed by atoms with Gasteiger partial charge >= 0.3 is 0 Å². The molecule has 31 heavy (non-hydrogen) atoms. The predicted octanol–water partition coefficient (Wildman–Crippen LogP) is 7.20. The molecule has 4 aliphatic carbocycles. The minimum Gasteiger partial charge on any atom is -0.393 e. The highest BCUT2D eigenvalue weighted by Gasteiger charge is 2.60. The highest BCUT2D eigenvalue weighted by molar-refractivity contribution is 5.51. The second kappa shape index (κ2) is 8.96. The average Bonchev–Trinajstić information content (AvgIpc) is 3.06. The Kier molecular flexibility index (Phi) is 6.80. The van der Waals surface area contributed by atoms with Crippen molar-refractivity contribution in [1.82, 2.24) is 0 Å². The molecule has 0 aromatic rings. The van der Waals surface area contributed by atoms with Crippen LogP contribution in [0.4, 0.5) is 0 Å². The Morgan fingerprint density at radius 1 is 1.13 bits per heavy atom. The number of carbonyl (C=O) groups excluding carboxylic acids is 1. The van der Waals surface area contributed by atoms with Crippen molar-refractivity contribution < 1.29 is 9.90 Å². The van der Waals surface area contributed by atoms with Crippen LogP contribution in [0.25, 0.3) is 0 Å². The smallest absolute Gasteiger partial charge is 0.120 e. The number of aliphatic hydroxyl groups excluding tert-OH is 1. The summed E-state index contributed by atoms with van der Waals surface area (Å²) >= 11 is 0. The van der Waals surface area contributed by atoms with Crippen molar-refractivity contribution in [2.45, 2.75) is 111 Å². The van der Waals surface area contributed by atoms with Gasteiger partial charge in [-0.1, -0.05) is 65.5 Å². The minimum absolute atomic E-state index is 0.130. The Bertz CT molecular complexity index is 680. The van der Waals surface area contributed by atoms with Crippen LogP contribution in [0.3, 0.4) is 0 Å². The first kappa shape index (κ1) is 23.5. The molecular formula is C29H48O2. The third-order valence-corrected chi connectivity index (χ3v) is 11.0. The Hall–Kier alpha value is -0.630. The maximum absolute atomic E-state index is 11.5. The molecule has 0 heterocycles. The molecule has 0 spiro atoms. The molecule has 176 valence electrons. The highest BCUT2D eigenvalue weighted by Crippen LogP contribution is 2.68. The minimum atomic E-state index is -0.253. The van der Waals surface area contributed by atoms with Crippen LogP contribution in [-0.4, -0.2) is 17.5 Å². The summed E-state index contributed by atoms with van der Waals surface area (Å²) in [7, 11) is 0. The topological polar surface area (TPSA) is 37.3 Å². The van der Waals surface area contributed by atoms with Gasteiger partial charge in [-0.15, -0.1) is 0 Å². The number of hydrogen-bond donors (Lipinski definition) is 1. The fourth-order valence-corrected chi connectivity index (χ4v) is 9.36. The van der Waals surface area contributed by atoms with Crippen LogP contribution in [0, 0.1) is 52.3 Å². The molecule has 0 aromatic carbocycles. The van der Waals surface area contributed by atoms with Crippen LogP contribution in [0.2, 0.25) is 0 Å². The van der Waals surface area contributed by atoms with Crippen molar-refractivity contribution in [2.24, 2.45) is 52.3 Å². The van der Waals surface area contributed by atoms with Crippen molar-refractivity contribution in [2.75, 3.05) is 0 Å². The van der Waals surface area contributed by atoms with Crippen LogP contribution < -0.4 is 0 Å². The first-order chi connectivity index (χ1) is 14.7. The number of rotatable bonds is 7. The van der Waals surface area contributed by atoms with Crippen LogP contribution in [0.5, 0.6) is 0 Å². The van der Waals surface area contributed by atoms with Crippen molar-refractivity contribution >= 4 is 6.29 Å². The molecule has 4 aliphatic rings. The zero-order valence-electron chi connectivity index (χ0n) is 20.9. The van der Waals surface area contributed by atoms with E-state index in [1.54, 1.807) is 0 Å². The Morgan fingerprint density at radius 2 is 1.90 bits per heavy atom. The second-order valence-corrected chi connectivity index (χ2v) is 12.8. The van der Waals surface area contributed by atoms with Crippen LogP contribution in [0.15, 0.2) is 11.6 Å². The Labute approximate surface area is 191 Å². The van der Waals surface area contributed by atoms with E-state index in [0.29, 0.717) is 23.7 Å². The maximum Gasteiger partial charge on any atom is 0.120 e. The van der Waals surface area contributed by atoms with Crippen LogP contribution >= 0.6 is 0 Å². The summed E-state index contributed by atoms with van der Waals surface area (Å²) in [6.07, 6.45) is 16.6. The number of carbonyl (C=O) groups is 1. The lowest BCUT2D eigenvalue weighted by molar-refractivity contribution is -0.113. The van der Waals surface area contributed by atoms with Gasteiger partial charge < -0.3 is 9.90 Å². The molecule has 0 bridgehead atoms. The number of fused-ring (bicyclic) bond motifs is 5. The number of allylic oxidation sites excluding steroid dienone is 1. The molecule has 1 unspecified atom stereocenters. The molecule has 0 radical (unpaired) electrons. The largest absolute Gasteiger partial charge is 0.393 e. The van der Waals surface area contributed by atoms with Gasteiger partial charge in [0.05, 0.1) is 6.10 Å². The van der Waals surface area contributed by atoms with E-state index in [1.807, 2.05) is 0 Å². The standard InChI is InChI=1S/C29H48O2/c1-19(2)7-6-8-20(3)25-11-12-26-24-10-9-21-17-23(31)18-22(14-16-30)29(21,5)27(24)13-15-28(25,26)4/h9,16,19-20,22-27,31H,6-8,10-15,17-18H2,1-5H3/t20-,22?,23-,24+,25-,26+,27+,28-,29-/m1/s1. The molecule has 3 fully saturated rings. The maximum atomic E-state index is 11.5. The van der Waals surface area contributed by atoms with Gasteiger partial charge in [-0.05, 0) is 97.2 Å². The molecular weight excluding hydrogens is 380 g/mol. The zero-order valence-corrected chi connectivity index (χ0v) is 20.9. The fourth-order valence-electron chi connectivity index (χ4n) is 9.36. The normalized spacial score (nSPS) is 45.5. The molecule has 2 nitrogen and oxygen atoms in total. The van der Waals surface area contributed by atoms with Gasteiger partial charge in [0, 0.05) is 6.42 Å². The van der Waals surface area contributed by atoms with E-state index in [4.69, 9.17) is 0 Å². The highest BCUT2D eigenvalue weighted by atomic mass is 16.3. The summed E-state index contributed by atoms with van der Waals surface area (Å²) < 4.78 is 0. The van der Waals surface area contributed by atoms with Crippen LogP contribution in [0.1, 0.15) is 105 Å². The van der Waals surface area contributed by atoms with Gasteiger partial charge in [-0.25, -0.2) is 0 Å². The van der Waals surface area contributed by atoms with Gasteiger partial charge in [-0.3, -0.25) is 0 Å².